The third-order valence-electron chi connectivity index (χ3n) is 2.62. The van der Waals surface area contributed by atoms with Crippen LogP contribution in [0.4, 0.5) is 11.4 Å². The van der Waals surface area contributed by atoms with Crippen molar-refractivity contribution in [3.8, 4) is 0 Å². The van der Waals surface area contributed by atoms with Gasteiger partial charge in [-0.2, -0.15) is 0 Å². The van der Waals surface area contributed by atoms with E-state index in [9.17, 15) is 0 Å². The predicted octanol–water partition coefficient (Wildman–Crippen LogP) is 2.37. The van der Waals surface area contributed by atoms with E-state index in [4.69, 9.17) is 22.1 Å². The standard InChI is InChI=1S/C11H15ClN2O/c12-9-1-2-10(13)11(5-9)14-6-8-3-4-15-7-8/h1-2,5,8,14H,3-4,6-7,13H2. The van der Waals surface area contributed by atoms with E-state index in [1.165, 1.54) is 0 Å². The summed E-state index contributed by atoms with van der Waals surface area (Å²) in [5.74, 6) is 0.586. The van der Waals surface area contributed by atoms with Gasteiger partial charge in [0.15, 0.2) is 0 Å². The summed E-state index contributed by atoms with van der Waals surface area (Å²) in [5, 5.41) is 4.01. The first-order valence-electron chi connectivity index (χ1n) is 5.12. The lowest BCUT2D eigenvalue weighted by Crippen LogP contribution is -2.14. The molecule has 0 saturated carbocycles. The Morgan fingerprint density at radius 2 is 2.40 bits per heavy atom. The molecule has 1 aliphatic heterocycles. The van der Waals surface area contributed by atoms with Crippen molar-refractivity contribution in [1.29, 1.82) is 0 Å². The SMILES string of the molecule is Nc1ccc(Cl)cc1NCC1CCOC1. The molecule has 0 radical (unpaired) electrons. The van der Waals surface area contributed by atoms with Gasteiger partial charge in [-0.25, -0.2) is 0 Å². The van der Waals surface area contributed by atoms with Gasteiger partial charge in [0.05, 0.1) is 18.0 Å². The lowest BCUT2D eigenvalue weighted by molar-refractivity contribution is 0.187. The van der Waals surface area contributed by atoms with Gasteiger partial charge in [0.2, 0.25) is 0 Å². The van der Waals surface area contributed by atoms with Crippen LogP contribution in [-0.2, 0) is 4.74 Å². The maximum atomic E-state index is 5.89. The molecule has 1 fully saturated rings. The molecule has 0 aliphatic carbocycles. The van der Waals surface area contributed by atoms with Crippen molar-refractivity contribution >= 4 is 23.0 Å². The Morgan fingerprint density at radius 1 is 1.53 bits per heavy atom. The van der Waals surface area contributed by atoms with Gasteiger partial charge in [-0.1, -0.05) is 11.6 Å². The second-order valence-corrected chi connectivity index (χ2v) is 4.28. The van der Waals surface area contributed by atoms with Crippen LogP contribution in [0, 0.1) is 5.92 Å². The third kappa shape index (κ3) is 2.76. The molecule has 1 aromatic carbocycles. The molecule has 1 heterocycles. The number of nitrogens with one attached hydrogen (secondary N) is 1. The van der Waals surface area contributed by atoms with Crippen molar-refractivity contribution in [2.75, 3.05) is 30.8 Å². The Bertz CT molecular complexity index is 337. The average Bonchev–Trinajstić information content (AvgIpc) is 2.72. The van der Waals surface area contributed by atoms with Crippen LogP contribution in [0.5, 0.6) is 0 Å². The van der Waals surface area contributed by atoms with Crippen molar-refractivity contribution in [3.63, 3.8) is 0 Å². The second-order valence-electron chi connectivity index (χ2n) is 3.84. The third-order valence-corrected chi connectivity index (χ3v) is 2.86. The monoisotopic (exact) mass is 226 g/mol. The molecule has 3 N–H and O–H groups in total. The van der Waals surface area contributed by atoms with Crippen molar-refractivity contribution in [1.82, 2.24) is 0 Å². The molecule has 0 aromatic heterocycles. The van der Waals surface area contributed by atoms with Crippen LogP contribution in [0.1, 0.15) is 6.42 Å². The Balaban J connectivity index is 1.94. The van der Waals surface area contributed by atoms with E-state index in [1.807, 2.05) is 12.1 Å². The molecule has 2 rings (SSSR count). The highest BCUT2D eigenvalue weighted by molar-refractivity contribution is 6.31. The molecule has 0 spiro atoms. The van der Waals surface area contributed by atoms with E-state index >= 15 is 0 Å². The van der Waals surface area contributed by atoms with Crippen molar-refractivity contribution in [3.05, 3.63) is 23.2 Å². The zero-order valence-electron chi connectivity index (χ0n) is 8.50. The van der Waals surface area contributed by atoms with Gasteiger partial charge in [0.1, 0.15) is 0 Å². The van der Waals surface area contributed by atoms with Gasteiger partial charge in [-0.15, -0.1) is 0 Å². The average molecular weight is 227 g/mol. The molecule has 3 nitrogen and oxygen atoms in total. The number of hydrogen-bond acceptors (Lipinski definition) is 3. The second kappa shape index (κ2) is 4.73. The summed E-state index contributed by atoms with van der Waals surface area (Å²) in [4.78, 5) is 0. The molecule has 0 amide bonds. The summed E-state index contributed by atoms with van der Waals surface area (Å²) in [6, 6.07) is 5.46. The summed E-state index contributed by atoms with van der Waals surface area (Å²) < 4.78 is 5.30. The lowest BCUT2D eigenvalue weighted by Gasteiger charge is -2.12. The summed E-state index contributed by atoms with van der Waals surface area (Å²) in [6.45, 7) is 2.61. The number of benzene rings is 1. The topological polar surface area (TPSA) is 47.3 Å². The molecule has 1 saturated heterocycles. The molecule has 1 aliphatic rings. The zero-order chi connectivity index (χ0) is 10.7. The number of halogens is 1. The van der Waals surface area contributed by atoms with Gasteiger partial charge in [0, 0.05) is 24.1 Å². The Labute approximate surface area is 94.6 Å². The van der Waals surface area contributed by atoms with E-state index in [2.05, 4.69) is 5.32 Å². The fraction of sp³-hybridized carbons (Fsp3) is 0.455. The fourth-order valence-corrected chi connectivity index (χ4v) is 1.85. The van der Waals surface area contributed by atoms with Crippen LogP contribution < -0.4 is 11.1 Å². The maximum absolute atomic E-state index is 5.89. The molecule has 1 atom stereocenters. The molecular formula is C11H15ClN2O. The van der Waals surface area contributed by atoms with E-state index < -0.39 is 0 Å². The highest BCUT2D eigenvalue weighted by Crippen LogP contribution is 2.23. The largest absolute Gasteiger partial charge is 0.397 e. The molecule has 0 bridgehead atoms. The first kappa shape index (κ1) is 10.6. The number of hydrogen-bond donors (Lipinski definition) is 2. The number of anilines is 2. The minimum Gasteiger partial charge on any atom is -0.397 e. The van der Waals surface area contributed by atoms with Gasteiger partial charge in [-0.05, 0) is 24.6 Å². The van der Waals surface area contributed by atoms with Crippen LogP contribution in [0.25, 0.3) is 0 Å². The van der Waals surface area contributed by atoms with Crippen molar-refractivity contribution in [2.24, 2.45) is 5.92 Å². The van der Waals surface area contributed by atoms with E-state index in [1.54, 1.807) is 6.07 Å². The molecule has 4 heteroatoms. The Morgan fingerprint density at radius 3 is 3.13 bits per heavy atom. The Hall–Kier alpha value is -0.930. The van der Waals surface area contributed by atoms with Gasteiger partial charge in [-0.3, -0.25) is 0 Å². The quantitative estimate of drug-likeness (QED) is 0.778. The van der Waals surface area contributed by atoms with Gasteiger partial charge < -0.3 is 15.8 Å². The maximum Gasteiger partial charge on any atom is 0.0588 e. The molecule has 1 unspecified atom stereocenters. The van der Waals surface area contributed by atoms with Gasteiger partial charge in [0.25, 0.3) is 0 Å². The van der Waals surface area contributed by atoms with Crippen molar-refractivity contribution < 1.29 is 4.74 Å². The van der Waals surface area contributed by atoms with E-state index in [-0.39, 0.29) is 0 Å². The minimum absolute atomic E-state index is 0.586. The number of nitrogen functional groups attached to an aromatic ring is 1. The molecule has 1 aromatic rings. The fourth-order valence-electron chi connectivity index (χ4n) is 1.68. The minimum atomic E-state index is 0.586. The molecule has 82 valence electrons. The van der Waals surface area contributed by atoms with Crippen LogP contribution in [-0.4, -0.2) is 19.8 Å². The van der Waals surface area contributed by atoms with Crippen LogP contribution >= 0.6 is 11.6 Å². The van der Waals surface area contributed by atoms with Crippen LogP contribution in [0.2, 0.25) is 5.02 Å². The van der Waals surface area contributed by atoms with Crippen LogP contribution in [0.15, 0.2) is 18.2 Å². The lowest BCUT2D eigenvalue weighted by atomic mass is 10.1. The van der Waals surface area contributed by atoms with Crippen molar-refractivity contribution in [2.45, 2.75) is 6.42 Å². The smallest absolute Gasteiger partial charge is 0.0588 e. The van der Waals surface area contributed by atoms with E-state index in [0.717, 1.165) is 37.6 Å². The highest BCUT2D eigenvalue weighted by Gasteiger charge is 2.15. The molecule has 15 heavy (non-hydrogen) atoms. The van der Waals surface area contributed by atoms with E-state index in [0.29, 0.717) is 10.9 Å². The van der Waals surface area contributed by atoms with Gasteiger partial charge >= 0.3 is 0 Å². The Kier molecular flexibility index (Phi) is 3.34. The number of nitrogens with two attached hydrogens (primary N) is 1. The summed E-state index contributed by atoms with van der Waals surface area (Å²) in [5.41, 5.74) is 7.47. The predicted molar refractivity (Wildman–Crippen MR) is 63.3 cm³/mol. The highest BCUT2D eigenvalue weighted by atomic mass is 35.5. The first-order chi connectivity index (χ1) is 7.25. The molecular weight excluding hydrogens is 212 g/mol. The summed E-state index contributed by atoms with van der Waals surface area (Å²) >= 11 is 5.89. The van der Waals surface area contributed by atoms with Crippen LogP contribution in [0.3, 0.4) is 0 Å². The number of rotatable bonds is 3. The summed E-state index contributed by atoms with van der Waals surface area (Å²) in [6.07, 6.45) is 1.12. The normalized spacial score (nSPS) is 20.5. The summed E-state index contributed by atoms with van der Waals surface area (Å²) in [7, 11) is 0. The number of ether oxygens (including phenoxy) is 1. The zero-order valence-corrected chi connectivity index (χ0v) is 9.26. The first-order valence-corrected chi connectivity index (χ1v) is 5.50.